The Morgan fingerprint density at radius 2 is 1.21 bits per heavy atom. The van der Waals surface area contributed by atoms with Crippen molar-refractivity contribution < 1.29 is 29.9 Å². The number of fused-ring (bicyclic) bond motifs is 2. The summed E-state index contributed by atoms with van der Waals surface area (Å²) in [5, 5.41) is 3.59. The van der Waals surface area contributed by atoms with Crippen LogP contribution >= 0.6 is 0 Å². The number of hydrogen-bond acceptors (Lipinski definition) is 5. The first-order valence-electron chi connectivity index (χ1n) is 29.8. The van der Waals surface area contributed by atoms with Crippen LogP contribution in [-0.4, -0.2) is 4.98 Å². The van der Waals surface area contributed by atoms with Gasteiger partial charge in [-0.25, -0.2) is 4.98 Å². The second-order valence-electron chi connectivity index (χ2n) is 26.4. The standard InChI is InChI=1S/C75H77N4O.Pt/c1-49-24-20-33-64(77-67-46-63(73(8,9)10)61(47-76-67)60-31-23-32-62-69(60)75(13,14)41-40-74(62,11)12)68(49)51-36-38-56(39-37-51)80-57-28-21-27-55(45-57)78-48-79(66-35-19-18-34-65(66)78)70-58(50-25-16-15-17-26-50)29-22-30-59(70)52-42-53(71(2,3)4)44-54(43-52)72(5,6)7;/h15-38,42-44,46-48H,40-41H2,1-14H3,(H,76,77);/q-3;/i1D3;. The van der Waals surface area contributed by atoms with Gasteiger partial charge in [0.05, 0.1) is 0 Å². The van der Waals surface area contributed by atoms with E-state index in [1.165, 1.54) is 33.4 Å². The number of ether oxygens (including phenoxy) is 1. The van der Waals surface area contributed by atoms with Crippen LogP contribution in [0.2, 0.25) is 0 Å². The Labute approximate surface area is 502 Å². The first-order valence-corrected chi connectivity index (χ1v) is 28.3. The number of aromatic nitrogens is 1. The molecule has 0 saturated heterocycles. The van der Waals surface area contributed by atoms with Gasteiger partial charge in [0, 0.05) is 82.3 Å². The molecule has 0 amide bonds. The molecule has 8 aromatic carbocycles. The Balaban J connectivity index is 0.00000786. The fourth-order valence-corrected chi connectivity index (χ4v) is 11.8. The van der Waals surface area contributed by atoms with Crippen molar-refractivity contribution in [1.29, 1.82) is 0 Å². The molecule has 1 N–H and O–H groups in total. The molecule has 1 aromatic heterocycles. The molecule has 6 heteroatoms. The second kappa shape index (κ2) is 21.6. The zero-order valence-corrected chi connectivity index (χ0v) is 51.6. The average molecular weight is 1250 g/mol. The normalized spacial score (nSPS) is 15.4. The Bertz CT molecular complexity index is 3870. The monoisotopic (exact) mass is 1250 g/mol. The van der Waals surface area contributed by atoms with Crippen molar-refractivity contribution in [2.75, 3.05) is 15.1 Å². The first kappa shape index (κ1) is 53.1. The fourth-order valence-electron chi connectivity index (χ4n) is 11.8. The van der Waals surface area contributed by atoms with Gasteiger partial charge in [0.1, 0.15) is 5.82 Å². The number of nitrogens with one attached hydrogen (secondary N) is 1. The predicted octanol–water partition coefficient (Wildman–Crippen LogP) is 20.8. The van der Waals surface area contributed by atoms with Gasteiger partial charge in [0.2, 0.25) is 0 Å². The van der Waals surface area contributed by atoms with Gasteiger partial charge in [-0.1, -0.05) is 205 Å². The van der Waals surface area contributed by atoms with E-state index in [2.05, 4.69) is 239 Å². The first-order chi connectivity index (χ1) is 39.2. The van der Waals surface area contributed by atoms with Crippen molar-refractivity contribution in [2.24, 2.45) is 0 Å². The van der Waals surface area contributed by atoms with Crippen LogP contribution in [0.25, 0.3) is 44.5 Å². The van der Waals surface area contributed by atoms with E-state index >= 15 is 0 Å². The summed E-state index contributed by atoms with van der Waals surface area (Å²) in [6.07, 6.45) is 4.24. The third kappa shape index (κ3) is 11.3. The zero-order chi connectivity index (χ0) is 59.0. The molecule has 416 valence electrons. The molecule has 9 aromatic rings. The van der Waals surface area contributed by atoms with Crippen molar-refractivity contribution in [1.82, 2.24) is 4.98 Å². The molecular weight excluding hydrogens is 1170 g/mol. The molecule has 2 heterocycles. The molecule has 11 rings (SSSR count). The van der Waals surface area contributed by atoms with Crippen molar-refractivity contribution in [2.45, 2.75) is 137 Å². The maximum Gasteiger partial charge on any atom is 0.130 e. The van der Waals surface area contributed by atoms with Crippen LogP contribution < -0.4 is 19.9 Å². The van der Waals surface area contributed by atoms with Gasteiger partial charge >= 0.3 is 0 Å². The van der Waals surface area contributed by atoms with E-state index in [0.29, 0.717) is 34.1 Å². The summed E-state index contributed by atoms with van der Waals surface area (Å²) in [5.74, 6) is 1.60. The van der Waals surface area contributed by atoms with Gasteiger partial charge < -0.3 is 19.9 Å². The molecule has 0 spiro atoms. The molecule has 5 nitrogen and oxygen atoms in total. The molecule has 2 aliphatic rings. The molecule has 0 fully saturated rings. The number of nitrogens with zero attached hydrogens (tertiary/aromatic N) is 3. The molecule has 0 atom stereocenters. The number of anilines is 6. The number of benzene rings is 8. The second-order valence-corrected chi connectivity index (χ2v) is 26.4. The van der Waals surface area contributed by atoms with Crippen LogP contribution in [0, 0.1) is 25.7 Å². The Hall–Kier alpha value is -7.20. The summed E-state index contributed by atoms with van der Waals surface area (Å²) in [4.78, 5) is 9.58. The predicted molar refractivity (Wildman–Crippen MR) is 337 cm³/mol. The summed E-state index contributed by atoms with van der Waals surface area (Å²) in [7, 11) is 0. The van der Waals surface area contributed by atoms with Crippen LogP contribution in [0.3, 0.4) is 0 Å². The van der Waals surface area contributed by atoms with Gasteiger partial charge in [-0.05, 0) is 121 Å². The summed E-state index contributed by atoms with van der Waals surface area (Å²) in [6, 6.07) is 65.6. The molecule has 0 radical (unpaired) electrons. The minimum atomic E-state index is -2.41. The number of aryl methyl sites for hydroxylation is 1. The van der Waals surface area contributed by atoms with E-state index in [0.717, 1.165) is 63.4 Å². The van der Waals surface area contributed by atoms with Crippen LogP contribution in [0.5, 0.6) is 11.5 Å². The quantitative estimate of drug-likeness (QED) is 0.138. The average Bonchev–Trinajstić information content (AvgIpc) is 2.47. The van der Waals surface area contributed by atoms with Crippen LogP contribution in [0.15, 0.2) is 176 Å². The van der Waals surface area contributed by atoms with E-state index in [9.17, 15) is 0 Å². The van der Waals surface area contributed by atoms with E-state index in [-0.39, 0.29) is 53.7 Å². The van der Waals surface area contributed by atoms with E-state index < -0.39 is 6.85 Å². The topological polar surface area (TPSA) is 40.6 Å². The minimum absolute atomic E-state index is 0. The van der Waals surface area contributed by atoms with Gasteiger partial charge in [-0.2, -0.15) is 18.2 Å². The number of para-hydroxylation sites is 3. The molecule has 0 unspecified atom stereocenters. The maximum atomic E-state index is 8.70. The van der Waals surface area contributed by atoms with Gasteiger partial charge in [-0.15, -0.1) is 48.3 Å². The van der Waals surface area contributed by atoms with Crippen LogP contribution in [-0.2, 0) is 48.1 Å². The number of rotatable bonds is 10. The van der Waals surface area contributed by atoms with E-state index in [1.807, 2.05) is 42.6 Å². The molecule has 1 aliphatic heterocycles. The fraction of sp³-hybridized carbons (Fsp3) is 0.280. The largest absolute Gasteiger partial charge is 0.509 e. The molecular formula is C75H77N4OPt-3. The van der Waals surface area contributed by atoms with Crippen molar-refractivity contribution in [3.63, 3.8) is 0 Å². The number of hydrogen-bond donors (Lipinski definition) is 1. The Kier molecular flexibility index (Phi) is 14.2. The molecule has 0 bridgehead atoms. The minimum Gasteiger partial charge on any atom is -0.509 e. The SMILES string of the molecule is [2H]C([2H])([2H])c1cccc(Nc2cc(C(C)(C)C)c(-c3cccc4c3C(C)(C)CCC4(C)C)cn2)c1-c1c[c-]c(Oc2[c-]c(N3[CH-]N(c4c(-c5ccccc5)cccc4-c4cc(C(C)(C)C)cc(C(C)(C)C)c4)c4ccccc43)ccc2)cc1.[Pt]. The van der Waals surface area contributed by atoms with Crippen LogP contribution in [0.4, 0.5) is 34.3 Å². The molecule has 81 heavy (non-hydrogen) atoms. The van der Waals surface area contributed by atoms with Crippen LogP contribution in [0.1, 0.15) is 140 Å². The third-order valence-corrected chi connectivity index (χ3v) is 16.4. The van der Waals surface area contributed by atoms with Gasteiger partial charge in [-0.3, -0.25) is 0 Å². The van der Waals surface area contributed by atoms with Crippen molar-refractivity contribution in [3.8, 4) is 56.0 Å². The van der Waals surface area contributed by atoms with Crippen molar-refractivity contribution >= 4 is 34.3 Å². The van der Waals surface area contributed by atoms with Gasteiger partial charge in [0.15, 0.2) is 0 Å². The van der Waals surface area contributed by atoms with Gasteiger partial charge in [0.25, 0.3) is 0 Å². The summed E-state index contributed by atoms with van der Waals surface area (Å²) < 4.78 is 32.7. The smallest absolute Gasteiger partial charge is 0.130 e. The maximum absolute atomic E-state index is 8.70. The van der Waals surface area contributed by atoms with Crippen molar-refractivity contribution in [3.05, 3.63) is 228 Å². The summed E-state index contributed by atoms with van der Waals surface area (Å²) >= 11 is 0. The Morgan fingerprint density at radius 1 is 0.580 bits per heavy atom. The molecule has 0 saturated carbocycles. The third-order valence-electron chi connectivity index (χ3n) is 16.4. The summed E-state index contributed by atoms with van der Waals surface area (Å²) in [6.45, 7) is 29.7. The number of pyridine rings is 1. The zero-order valence-electron chi connectivity index (χ0n) is 52.3. The Morgan fingerprint density at radius 3 is 1.88 bits per heavy atom. The summed E-state index contributed by atoms with van der Waals surface area (Å²) in [5.41, 5.74) is 19.2. The van der Waals surface area contributed by atoms with E-state index in [4.69, 9.17) is 13.8 Å². The molecule has 1 aliphatic carbocycles. The van der Waals surface area contributed by atoms with E-state index in [1.54, 1.807) is 18.2 Å².